The molecular formula is C19H23N5O3S. The quantitative estimate of drug-likeness (QED) is 0.723. The van der Waals surface area contributed by atoms with Crippen molar-refractivity contribution in [3.05, 3.63) is 36.8 Å². The SMILES string of the molecule is CN(c1cc2c(cn1)ncn2C)c1cc(S(=O)(=O)N2CCCCC2)ccc1O. The van der Waals surface area contributed by atoms with E-state index in [1.807, 2.05) is 17.7 Å². The third kappa shape index (κ3) is 3.20. The minimum absolute atomic E-state index is 0.00741. The molecule has 148 valence electrons. The summed E-state index contributed by atoms with van der Waals surface area (Å²) in [6, 6.07) is 6.24. The van der Waals surface area contributed by atoms with Crippen LogP contribution in [0.1, 0.15) is 19.3 Å². The first kappa shape index (κ1) is 18.7. The van der Waals surface area contributed by atoms with Crippen molar-refractivity contribution in [3.8, 4) is 5.75 Å². The van der Waals surface area contributed by atoms with Crippen molar-refractivity contribution in [2.75, 3.05) is 25.0 Å². The van der Waals surface area contributed by atoms with E-state index in [0.29, 0.717) is 24.6 Å². The highest BCUT2D eigenvalue weighted by Crippen LogP contribution is 2.35. The van der Waals surface area contributed by atoms with E-state index in [0.717, 1.165) is 30.3 Å². The fraction of sp³-hybridized carbons (Fsp3) is 0.368. The molecule has 1 N–H and O–H groups in total. The molecule has 0 unspecified atom stereocenters. The number of phenols is 1. The Morgan fingerprint density at radius 3 is 2.61 bits per heavy atom. The van der Waals surface area contributed by atoms with Gasteiger partial charge in [-0.15, -0.1) is 0 Å². The van der Waals surface area contributed by atoms with Crippen LogP contribution in [-0.2, 0) is 17.1 Å². The van der Waals surface area contributed by atoms with Crippen molar-refractivity contribution in [1.29, 1.82) is 0 Å². The molecule has 0 amide bonds. The van der Waals surface area contributed by atoms with Crippen LogP contribution in [0.2, 0.25) is 0 Å². The van der Waals surface area contributed by atoms with Crippen LogP contribution in [0, 0.1) is 0 Å². The molecule has 0 radical (unpaired) electrons. The minimum Gasteiger partial charge on any atom is -0.506 e. The first-order chi connectivity index (χ1) is 13.4. The Bertz CT molecular complexity index is 1120. The lowest BCUT2D eigenvalue weighted by Gasteiger charge is -2.27. The van der Waals surface area contributed by atoms with E-state index in [2.05, 4.69) is 9.97 Å². The lowest BCUT2D eigenvalue weighted by molar-refractivity contribution is 0.346. The Kier molecular flexibility index (Phi) is 4.72. The molecule has 9 heteroatoms. The van der Waals surface area contributed by atoms with Gasteiger partial charge in [0, 0.05) is 33.3 Å². The van der Waals surface area contributed by atoms with Gasteiger partial charge in [-0.1, -0.05) is 6.42 Å². The van der Waals surface area contributed by atoms with Crippen LogP contribution >= 0.6 is 0 Å². The van der Waals surface area contributed by atoms with E-state index in [-0.39, 0.29) is 10.6 Å². The maximum atomic E-state index is 13.0. The van der Waals surface area contributed by atoms with Gasteiger partial charge in [-0.3, -0.25) is 0 Å². The van der Waals surface area contributed by atoms with Crippen LogP contribution in [0.3, 0.4) is 0 Å². The van der Waals surface area contributed by atoms with Crippen LogP contribution in [0.25, 0.3) is 11.0 Å². The highest BCUT2D eigenvalue weighted by Gasteiger charge is 2.27. The van der Waals surface area contributed by atoms with E-state index < -0.39 is 10.0 Å². The molecule has 1 aromatic carbocycles. The van der Waals surface area contributed by atoms with E-state index in [1.165, 1.54) is 22.5 Å². The highest BCUT2D eigenvalue weighted by atomic mass is 32.2. The predicted molar refractivity (Wildman–Crippen MR) is 107 cm³/mol. The Labute approximate surface area is 164 Å². The molecule has 1 aliphatic rings. The maximum Gasteiger partial charge on any atom is 0.243 e. The molecule has 3 heterocycles. The average molecular weight is 401 g/mol. The second-order valence-electron chi connectivity index (χ2n) is 7.06. The number of pyridine rings is 1. The number of aryl methyl sites for hydroxylation is 1. The topological polar surface area (TPSA) is 91.6 Å². The summed E-state index contributed by atoms with van der Waals surface area (Å²) in [5, 5.41) is 10.4. The molecule has 1 saturated heterocycles. The number of aromatic hydroxyl groups is 1. The van der Waals surface area contributed by atoms with Gasteiger partial charge in [-0.2, -0.15) is 4.31 Å². The molecular weight excluding hydrogens is 378 g/mol. The van der Waals surface area contributed by atoms with Gasteiger partial charge < -0.3 is 14.6 Å². The number of hydrogen-bond acceptors (Lipinski definition) is 6. The molecule has 0 aliphatic carbocycles. The molecule has 0 spiro atoms. The zero-order valence-corrected chi connectivity index (χ0v) is 16.7. The molecule has 4 rings (SSSR count). The van der Waals surface area contributed by atoms with E-state index in [1.54, 1.807) is 24.5 Å². The van der Waals surface area contributed by atoms with Gasteiger partial charge in [0.05, 0.1) is 28.6 Å². The second kappa shape index (κ2) is 7.06. The fourth-order valence-corrected chi connectivity index (χ4v) is 5.05. The van der Waals surface area contributed by atoms with Gasteiger partial charge in [0.15, 0.2) is 0 Å². The zero-order chi connectivity index (χ0) is 19.9. The van der Waals surface area contributed by atoms with Gasteiger partial charge in [0.25, 0.3) is 0 Å². The van der Waals surface area contributed by atoms with Crippen molar-refractivity contribution in [3.63, 3.8) is 0 Å². The summed E-state index contributed by atoms with van der Waals surface area (Å²) in [5.41, 5.74) is 2.05. The fourth-order valence-electron chi connectivity index (χ4n) is 3.51. The lowest BCUT2D eigenvalue weighted by atomic mass is 10.2. The maximum absolute atomic E-state index is 13.0. The van der Waals surface area contributed by atoms with Crippen LogP contribution in [0.5, 0.6) is 5.75 Å². The first-order valence-corrected chi connectivity index (χ1v) is 10.7. The van der Waals surface area contributed by atoms with E-state index >= 15 is 0 Å². The molecule has 0 atom stereocenters. The van der Waals surface area contributed by atoms with Crippen LogP contribution in [-0.4, -0.2) is 52.5 Å². The molecule has 2 aromatic heterocycles. The molecule has 0 bridgehead atoms. The molecule has 1 fully saturated rings. The third-order valence-corrected chi connectivity index (χ3v) is 7.10. The molecule has 3 aromatic rings. The number of hydrogen-bond donors (Lipinski definition) is 1. The Morgan fingerprint density at radius 1 is 1.11 bits per heavy atom. The minimum atomic E-state index is -3.59. The van der Waals surface area contributed by atoms with Gasteiger partial charge in [0.1, 0.15) is 17.1 Å². The molecule has 1 aliphatic heterocycles. The molecule has 8 nitrogen and oxygen atoms in total. The lowest BCUT2D eigenvalue weighted by Crippen LogP contribution is -2.35. The van der Waals surface area contributed by atoms with Crippen LogP contribution in [0.4, 0.5) is 11.5 Å². The summed E-state index contributed by atoms with van der Waals surface area (Å²) >= 11 is 0. The van der Waals surface area contributed by atoms with Gasteiger partial charge >= 0.3 is 0 Å². The summed E-state index contributed by atoms with van der Waals surface area (Å²) in [5.74, 6) is 0.575. The monoisotopic (exact) mass is 401 g/mol. The van der Waals surface area contributed by atoms with Crippen molar-refractivity contribution < 1.29 is 13.5 Å². The van der Waals surface area contributed by atoms with Crippen molar-refractivity contribution in [1.82, 2.24) is 18.8 Å². The number of piperidine rings is 1. The number of imidazole rings is 1. The number of phenolic OH excluding ortho intramolecular Hbond substituents is 1. The van der Waals surface area contributed by atoms with E-state index in [4.69, 9.17) is 0 Å². The average Bonchev–Trinajstić information content (AvgIpc) is 3.08. The van der Waals surface area contributed by atoms with Crippen LogP contribution in [0.15, 0.2) is 41.7 Å². The number of nitrogens with zero attached hydrogens (tertiary/aromatic N) is 5. The third-order valence-electron chi connectivity index (χ3n) is 5.20. The number of aromatic nitrogens is 3. The van der Waals surface area contributed by atoms with E-state index in [9.17, 15) is 13.5 Å². The Hall–Kier alpha value is -2.65. The number of sulfonamides is 1. The number of rotatable bonds is 4. The summed E-state index contributed by atoms with van der Waals surface area (Å²) < 4.78 is 29.4. The van der Waals surface area contributed by atoms with Crippen molar-refractivity contribution in [2.45, 2.75) is 24.2 Å². The molecule has 28 heavy (non-hydrogen) atoms. The molecule has 0 saturated carbocycles. The van der Waals surface area contributed by atoms with Crippen molar-refractivity contribution in [2.24, 2.45) is 7.05 Å². The smallest absolute Gasteiger partial charge is 0.243 e. The van der Waals surface area contributed by atoms with Gasteiger partial charge in [-0.25, -0.2) is 18.4 Å². The van der Waals surface area contributed by atoms with Crippen LogP contribution < -0.4 is 4.90 Å². The standard InChI is InChI=1S/C19H23N5O3S/c1-22-13-21-15-12-20-19(11-16(15)22)23(2)17-10-14(6-7-18(17)25)28(26,27)24-8-4-3-5-9-24/h6-7,10-13,25H,3-5,8-9H2,1-2H3. The zero-order valence-electron chi connectivity index (χ0n) is 15.9. The van der Waals surface area contributed by atoms with Gasteiger partial charge in [-0.05, 0) is 31.0 Å². The summed E-state index contributed by atoms with van der Waals surface area (Å²) in [6.07, 6.45) is 6.17. The summed E-state index contributed by atoms with van der Waals surface area (Å²) in [7, 11) is 0.0498. The summed E-state index contributed by atoms with van der Waals surface area (Å²) in [6.45, 7) is 1.07. The number of benzene rings is 1. The predicted octanol–water partition coefficient (Wildman–Crippen LogP) is 2.62. The Morgan fingerprint density at radius 2 is 1.86 bits per heavy atom. The second-order valence-corrected chi connectivity index (χ2v) is 9.00. The normalized spacial score (nSPS) is 15.8. The first-order valence-electron chi connectivity index (χ1n) is 9.22. The van der Waals surface area contributed by atoms with Gasteiger partial charge in [0.2, 0.25) is 10.0 Å². The highest BCUT2D eigenvalue weighted by molar-refractivity contribution is 7.89. The van der Waals surface area contributed by atoms with Crippen molar-refractivity contribution >= 4 is 32.6 Å². The summed E-state index contributed by atoms with van der Waals surface area (Å²) in [4.78, 5) is 10.5. The number of anilines is 2. The Balaban J connectivity index is 1.72. The number of fused-ring (bicyclic) bond motifs is 1. The largest absolute Gasteiger partial charge is 0.506 e.